The third kappa shape index (κ3) is 2.36. The van der Waals surface area contributed by atoms with E-state index in [1.54, 1.807) is 0 Å². The minimum Gasteiger partial charge on any atom is -0.361 e. The van der Waals surface area contributed by atoms with E-state index in [4.69, 9.17) is 5.73 Å². The predicted molar refractivity (Wildman–Crippen MR) is 76.0 cm³/mol. The SMILES string of the molecule is NC1CCCCC1NC(=O)c1cccc2[nH]ccc12. The Morgan fingerprint density at radius 2 is 2.11 bits per heavy atom. The van der Waals surface area contributed by atoms with E-state index in [0.29, 0.717) is 0 Å². The molecule has 1 aromatic carbocycles. The van der Waals surface area contributed by atoms with Crippen LogP contribution in [0.25, 0.3) is 10.9 Å². The number of carbonyl (C=O) groups excluding carboxylic acids is 1. The van der Waals surface area contributed by atoms with Crippen molar-refractivity contribution in [3.63, 3.8) is 0 Å². The lowest BCUT2D eigenvalue weighted by Crippen LogP contribution is -2.49. The summed E-state index contributed by atoms with van der Waals surface area (Å²) < 4.78 is 0. The van der Waals surface area contributed by atoms with Crippen molar-refractivity contribution in [1.82, 2.24) is 10.3 Å². The fourth-order valence-corrected chi connectivity index (χ4v) is 2.87. The highest BCUT2D eigenvalue weighted by atomic mass is 16.1. The standard InChI is InChI=1S/C15H19N3O/c16-12-5-1-2-6-14(12)18-15(19)11-4-3-7-13-10(11)8-9-17-13/h3-4,7-9,12,14,17H,1-2,5-6,16H2,(H,18,19). The molecule has 4 N–H and O–H groups in total. The summed E-state index contributed by atoms with van der Waals surface area (Å²) in [5.41, 5.74) is 7.78. The smallest absolute Gasteiger partial charge is 0.252 e. The molecule has 1 amide bonds. The number of hydrogen-bond acceptors (Lipinski definition) is 2. The van der Waals surface area contributed by atoms with Gasteiger partial charge in [-0.25, -0.2) is 0 Å². The zero-order chi connectivity index (χ0) is 13.2. The number of rotatable bonds is 2. The Balaban J connectivity index is 1.82. The van der Waals surface area contributed by atoms with Gasteiger partial charge in [-0.1, -0.05) is 18.9 Å². The maximum absolute atomic E-state index is 12.4. The van der Waals surface area contributed by atoms with Crippen LogP contribution in [0.15, 0.2) is 30.5 Å². The Bertz CT molecular complexity index is 590. The summed E-state index contributed by atoms with van der Waals surface area (Å²) in [6.07, 6.45) is 6.15. The van der Waals surface area contributed by atoms with Gasteiger partial charge in [0.15, 0.2) is 0 Å². The van der Waals surface area contributed by atoms with Crippen molar-refractivity contribution in [2.24, 2.45) is 5.73 Å². The number of nitrogens with two attached hydrogens (primary N) is 1. The number of hydrogen-bond donors (Lipinski definition) is 3. The van der Waals surface area contributed by atoms with E-state index in [9.17, 15) is 4.79 Å². The maximum Gasteiger partial charge on any atom is 0.252 e. The van der Waals surface area contributed by atoms with Gasteiger partial charge < -0.3 is 16.0 Å². The van der Waals surface area contributed by atoms with E-state index in [-0.39, 0.29) is 18.0 Å². The number of amides is 1. The van der Waals surface area contributed by atoms with Gasteiger partial charge in [0.05, 0.1) is 0 Å². The maximum atomic E-state index is 12.4. The van der Waals surface area contributed by atoms with Crippen molar-refractivity contribution in [1.29, 1.82) is 0 Å². The first-order valence-corrected chi connectivity index (χ1v) is 6.88. The van der Waals surface area contributed by atoms with Crippen molar-refractivity contribution in [3.05, 3.63) is 36.0 Å². The van der Waals surface area contributed by atoms with E-state index in [1.807, 2.05) is 30.5 Å². The molecule has 1 aliphatic rings. The first kappa shape index (κ1) is 12.2. The number of aromatic amines is 1. The first-order chi connectivity index (χ1) is 9.25. The monoisotopic (exact) mass is 257 g/mol. The second kappa shape index (κ2) is 5.05. The van der Waals surface area contributed by atoms with Gasteiger partial charge in [-0.15, -0.1) is 0 Å². The highest BCUT2D eigenvalue weighted by molar-refractivity contribution is 6.06. The lowest BCUT2D eigenvalue weighted by molar-refractivity contribution is 0.0923. The summed E-state index contributed by atoms with van der Waals surface area (Å²) in [4.78, 5) is 15.5. The van der Waals surface area contributed by atoms with Crippen LogP contribution in [-0.2, 0) is 0 Å². The molecule has 0 aliphatic heterocycles. The predicted octanol–water partition coefficient (Wildman–Crippen LogP) is 2.17. The summed E-state index contributed by atoms with van der Waals surface area (Å²) >= 11 is 0. The van der Waals surface area contributed by atoms with Crippen LogP contribution >= 0.6 is 0 Å². The van der Waals surface area contributed by atoms with Gasteiger partial charge in [0.25, 0.3) is 5.91 Å². The molecule has 19 heavy (non-hydrogen) atoms. The van der Waals surface area contributed by atoms with Crippen LogP contribution in [0.1, 0.15) is 36.0 Å². The second-order valence-electron chi connectivity index (χ2n) is 5.27. The van der Waals surface area contributed by atoms with Gasteiger partial charge in [0, 0.05) is 34.7 Å². The Hall–Kier alpha value is -1.81. The highest BCUT2D eigenvalue weighted by Gasteiger charge is 2.24. The molecule has 1 aliphatic carbocycles. The molecule has 1 fully saturated rings. The Labute approximate surface area is 112 Å². The molecular weight excluding hydrogens is 238 g/mol. The van der Waals surface area contributed by atoms with Crippen LogP contribution < -0.4 is 11.1 Å². The van der Waals surface area contributed by atoms with E-state index in [1.165, 1.54) is 6.42 Å². The molecule has 2 atom stereocenters. The van der Waals surface area contributed by atoms with E-state index in [2.05, 4.69) is 10.3 Å². The lowest BCUT2D eigenvalue weighted by Gasteiger charge is -2.29. The third-order valence-electron chi connectivity index (χ3n) is 3.98. The molecule has 0 saturated heterocycles. The normalized spacial score (nSPS) is 23.4. The Morgan fingerprint density at radius 1 is 1.26 bits per heavy atom. The number of nitrogens with one attached hydrogen (secondary N) is 2. The quantitative estimate of drug-likeness (QED) is 0.771. The molecule has 1 heterocycles. The van der Waals surface area contributed by atoms with Gasteiger partial charge in [0.1, 0.15) is 0 Å². The summed E-state index contributed by atoms with van der Waals surface area (Å²) in [5, 5.41) is 4.05. The van der Waals surface area contributed by atoms with Crippen LogP contribution in [-0.4, -0.2) is 23.0 Å². The number of benzene rings is 1. The summed E-state index contributed by atoms with van der Waals surface area (Å²) in [7, 11) is 0. The van der Waals surface area contributed by atoms with E-state index >= 15 is 0 Å². The van der Waals surface area contributed by atoms with Gasteiger partial charge >= 0.3 is 0 Å². The first-order valence-electron chi connectivity index (χ1n) is 6.88. The van der Waals surface area contributed by atoms with Crippen LogP contribution in [0.4, 0.5) is 0 Å². The molecule has 0 bridgehead atoms. The van der Waals surface area contributed by atoms with Gasteiger partial charge in [-0.2, -0.15) is 0 Å². The molecule has 1 aromatic heterocycles. The summed E-state index contributed by atoms with van der Waals surface area (Å²) in [6.45, 7) is 0. The fraction of sp³-hybridized carbons (Fsp3) is 0.400. The Kier molecular flexibility index (Phi) is 3.25. The molecule has 2 unspecified atom stereocenters. The van der Waals surface area contributed by atoms with Gasteiger partial charge in [0.2, 0.25) is 0 Å². The zero-order valence-electron chi connectivity index (χ0n) is 10.9. The molecule has 1 saturated carbocycles. The number of fused-ring (bicyclic) bond motifs is 1. The average Bonchev–Trinajstić information content (AvgIpc) is 2.89. The number of carbonyl (C=O) groups is 1. The molecule has 0 spiro atoms. The van der Waals surface area contributed by atoms with Crippen molar-refractivity contribution in [2.45, 2.75) is 37.8 Å². The molecule has 3 rings (SSSR count). The summed E-state index contributed by atoms with van der Waals surface area (Å²) in [6, 6.07) is 7.86. The molecule has 4 heteroatoms. The van der Waals surface area contributed by atoms with Gasteiger partial charge in [-0.3, -0.25) is 4.79 Å². The topological polar surface area (TPSA) is 70.9 Å². The Morgan fingerprint density at radius 3 is 2.95 bits per heavy atom. The molecular formula is C15H19N3O. The molecule has 100 valence electrons. The van der Waals surface area contributed by atoms with Crippen molar-refractivity contribution in [2.75, 3.05) is 0 Å². The molecule has 0 radical (unpaired) electrons. The largest absolute Gasteiger partial charge is 0.361 e. The third-order valence-corrected chi connectivity index (χ3v) is 3.98. The van der Waals surface area contributed by atoms with Crippen molar-refractivity contribution >= 4 is 16.8 Å². The van der Waals surface area contributed by atoms with Crippen molar-refractivity contribution in [3.8, 4) is 0 Å². The van der Waals surface area contributed by atoms with Crippen LogP contribution in [0.2, 0.25) is 0 Å². The molecule has 4 nitrogen and oxygen atoms in total. The minimum absolute atomic E-state index is 0.0208. The minimum atomic E-state index is -0.0208. The van der Waals surface area contributed by atoms with E-state index in [0.717, 1.165) is 35.7 Å². The lowest BCUT2D eigenvalue weighted by atomic mass is 9.91. The summed E-state index contributed by atoms with van der Waals surface area (Å²) in [5.74, 6) is -0.0208. The van der Waals surface area contributed by atoms with Crippen LogP contribution in [0.3, 0.4) is 0 Å². The van der Waals surface area contributed by atoms with Crippen LogP contribution in [0.5, 0.6) is 0 Å². The highest BCUT2D eigenvalue weighted by Crippen LogP contribution is 2.20. The fourth-order valence-electron chi connectivity index (χ4n) is 2.87. The van der Waals surface area contributed by atoms with E-state index < -0.39 is 0 Å². The number of H-pyrrole nitrogens is 1. The molecule has 2 aromatic rings. The second-order valence-corrected chi connectivity index (χ2v) is 5.27. The van der Waals surface area contributed by atoms with Crippen LogP contribution in [0, 0.1) is 0 Å². The average molecular weight is 257 g/mol. The zero-order valence-corrected chi connectivity index (χ0v) is 10.9. The van der Waals surface area contributed by atoms with Crippen molar-refractivity contribution < 1.29 is 4.79 Å². The van der Waals surface area contributed by atoms with Gasteiger partial charge in [-0.05, 0) is 31.0 Å². The number of aromatic nitrogens is 1.